The van der Waals surface area contributed by atoms with E-state index in [1.807, 2.05) is 11.0 Å². The van der Waals surface area contributed by atoms with Crippen LogP contribution in [0.15, 0.2) is 35.3 Å². The molecule has 0 N–H and O–H groups in total. The van der Waals surface area contributed by atoms with E-state index in [1.54, 1.807) is 23.2 Å². The van der Waals surface area contributed by atoms with E-state index in [1.165, 1.54) is 6.07 Å². The van der Waals surface area contributed by atoms with Crippen molar-refractivity contribution < 1.29 is 8.78 Å². The van der Waals surface area contributed by atoms with E-state index < -0.39 is 6.17 Å². The van der Waals surface area contributed by atoms with Crippen LogP contribution in [0.3, 0.4) is 0 Å². The minimum Gasteiger partial charge on any atom is -0.302 e. The molecule has 0 bridgehead atoms. The number of benzene rings is 1. The van der Waals surface area contributed by atoms with E-state index in [0.29, 0.717) is 29.8 Å². The van der Waals surface area contributed by atoms with Gasteiger partial charge in [0, 0.05) is 25.8 Å². The molecule has 106 valence electrons. The molecule has 0 unspecified atom stereocenters. The monoisotopic (exact) mass is 341 g/mol. The Morgan fingerprint density at radius 3 is 2.85 bits per heavy atom. The summed E-state index contributed by atoms with van der Waals surface area (Å²) in [5.74, 6) is -0.302. The second-order valence-electron chi connectivity index (χ2n) is 5.01. The summed E-state index contributed by atoms with van der Waals surface area (Å²) >= 11 is 3.24. The van der Waals surface area contributed by atoms with Gasteiger partial charge in [0.1, 0.15) is 22.9 Å². The van der Waals surface area contributed by atoms with Crippen molar-refractivity contribution in [2.45, 2.75) is 19.1 Å². The predicted molar refractivity (Wildman–Crippen MR) is 76.0 cm³/mol. The molecule has 1 aromatic heterocycles. The summed E-state index contributed by atoms with van der Waals surface area (Å²) in [5, 5.41) is 0. The highest BCUT2D eigenvalue weighted by Crippen LogP contribution is 2.20. The zero-order chi connectivity index (χ0) is 14.1. The summed E-state index contributed by atoms with van der Waals surface area (Å²) in [5.41, 5.74) is 1.32. The van der Waals surface area contributed by atoms with E-state index in [4.69, 9.17) is 0 Å². The van der Waals surface area contributed by atoms with Crippen molar-refractivity contribution in [1.29, 1.82) is 0 Å². The van der Waals surface area contributed by atoms with Gasteiger partial charge in [-0.25, -0.2) is 13.8 Å². The number of hydrogen-bond acceptors (Lipinski definition) is 2. The quantitative estimate of drug-likeness (QED) is 0.853. The third-order valence-electron chi connectivity index (χ3n) is 3.46. The highest BCUT2D eigenvalue weighted by Gasteiger charge is 2.21. The van der Waals surface area contributed by atoms with Crippen LogP contribution >= 0.6 is 15.9 Å². The number of hydrogen-bond donors (Lipinski definition) is 0. The first kappa shape index (κ1) is 13.7. The van der Waals surface area contributed by atoms with Crippen molar-refractivity contribution in [3.8, 4) is 5.69 Å². The van der Waals surface area contributed by atoms with Crippen LogP contribution in [-0.2, 0) is 6.54 Å². The first-order valence-electron chi connectivity index (χ1n) is 6.46. The summed E-state index contributed by atoms with van der Waals surface area (Å²) in [4.78, 5) is 6.02. The highest BCUT2D eigenvalue weighted by atomic mass is 79.9. The van der Waals surface area contributed by atoms with Crippen LogP contribution in [-0.4, -0.2) is 33.7 Å². The van der Waals surface area contributed by atoms with Gasteiger partial charge in [-0.05, 0) is 40.0 Å². The van der Waals surface area contributed by atoms with E-state index in [0.717, 1.165) is 12.1 Å². The molecule has 0 amide bonds. The first-order chi connectivity index (χ1) is 9.61. The highest BCUT2D eigenvalue weighted by molar-refractivity contribution is 9.10. The number of rotatable bonds is 3. The maximum absolute atomic E-state index is 14.1. The molecular formula is C14H14BrF2N3. The Kier molecular flexibility index (Phi) is 3.85. The third kappa shape index (κ3) is 2.91. The second-order valence-corrected chi connectivity index (χ2v) is 5.82. The van der Waals surface area contributed by atoms with Gasteiger partial charge in [-0.3, -0.25) is 4.90 Å². The van der Waals surface area contributed by atoms with Crippen LogP contribution in [0.25, 0.3) is 5.69 Å². The Hall–Kier alpha value is -1.27. The molecule has 6 heteroatoms. The molecule has 0 aliphatic carbocycles. The lowest BCUT2D eigenvalue weighted by Gasteiger charge is -2.15. The van der Waals surface area contributed by atoms with E-state index in [-0.39, 0.29) is 5.82 Å². The number of halogens is 3. The molecule has 1 aliphatic rings. The van der Waals surface area contributed by atoms with Crippen LogP contribution in [0, 0.1) is 5.82 Å². The zero-order valence-corrected chi connectivity index (χ0v) is 12.4. The number of nitrogens with zero attached hydrogens (tertiary/aromatic N) is 3. The van der Waals surface area contributed by atoms with Crippen LogP contribution in [0.4, 0.5) is 8.78 Å². The molecule has 2 aromatic rings. The Bertz CT molecular complexity index is 614. The van der Waals surface area contributed by atoms with Gasteiger partial charge in [-0.15, -0.1) is 0 Å². The van der Waals surface area contributed by atoms with Gasteiger partial charge in [0.15, 0.2) is 0 Å². The van der Waals surface area contributed by atoms with E-state index >= 15 is 0 Å². The van der Waals surface area contributed by atoms with Gasteiger partial charge >= 0.3 is 0 Å². The fourth-order valence-electron chi connectivity index (χ4n) is 2.48. The molecule has 3 rings (SSSR count). The minimum absolute atomic E-state index is 0.302. The Morgan fingerprint density at radius 2 is 2.25 bits per heavy atom. The summed E-state index contributed by atoms with van der Waals surface area (Å²) in [6.07, 6.45) is 3.08. The Balaban J connectivity index is 1.77. The summed E-state index contributed by atoms with van der Waals surface area (Å²) in [6.45, 7) is 1.77. The first-order valence-corrected chi connectivity index (χ1v) is 7.26. The number of likely N-dealkylation sites (tertiary alicyclic amines) is 1. The molecular weight excluding hydrogens is 328 g/mol. The number of alkyl halides is 1. The average molecular weight is 342 g/mol. The molecule has 1 aromatic carbocycles. The fourth-order valence-corrected chi connectivity index (χ4v) is 2.79. The van der Waals surface area contributed by atoms with E-state index in [2.05, 4.69) is 20.9 Å². The van der Waals surface area contributed by atoms with Crippen LogP contribution in [0.1, 0.15) is 12.0 Å². The summed E-state index contributed by atoms with van der Waals surface area (Å²) < 4.78 is 29.5. The topological polar surface area (TPSA) is 21.1 Å². The largest absolute Gasteiger partial charge is 0.302 e. The molecule has 1 fully saturated rings. The molecule has 0 radical (unpaired) electrons. The fraction of sp³-hybridized carbons (Fsp3) is 0.357. The molecule has 1 saturated heterocycles. The van der Waals surface area contributed by atoms with Gasteiger partial charge in [-0.1, -0.05) is 6.07 Å². The molecule has 1 atom stereocenters. The zero-order valence-electron chi connectivity index (χ0n) is 10.8. The predicted octanol–water partition coefficient (Wildman–Crippen LogP) is 3.32. The maximum atomic E-state index is 14.1. The number of aromatic nitrogens is 2. The standard InChI is InChI=1S/C14H14BrF2N3/c15-14-8-20(9-18-14)13-2-1-10(5-12(13)17)6-19-4-3-11(16)7-19/h1-2,5,8-9,11H,3-4,6-7H2/t11-/m1/s1. The lowest BCUT2D eigenvalue weighted by Crippen LogP contribution is -2.20. The second kappa shape index (κ2) is 5.61. The van der Waals surface area contributed by atoms with Crippen molar-refractivity contribution in [2.24, 2.45) is 0 Å². The van der Waals surface area contributed by atoms with Crippen LogP contribution in [0.2, 0.25) is 0 Å². The normalized spacial score (nSPS) is 19.6. The Morgan fingerprint density at radius 1 is 1.40 bits per heavy atom. The molecule has 1 aliphatic heterocycles. The number of imidazole rings is 1. The van der Waals surface area contributed by atoms with Crippen molar-refractivity contribution in [1.82, 2.24) is 14.5 Å². The van der Waals surface area contributed by atoms with Crippen molar-refractivity contribution >= 4 is 15.9 Å². The van der Waals surface area contributed by atoms with Gasteiger partial charge in [0.25, 0.3) is 0 Å². The van der Waals surface area contributed by atoms with Gasteiger partial charge in [-0.2, -0.15) is 0 Å². The van der Waals surface area contributed by atoms with E-state index in [9.17, 15) is 8.78 Å². The summed E-state index contributed by atoms with van der Waals surface area (Å²) in [6, 6.07) is 5.11. The van der Waals surface area contributed by atoms with Gasteiger partial charge < -0.3 is 4.57 Å². The van der Waals surface area contributed by atoms with Crippen molar-refractivity contribution in [3.05, 3.63) is 46.7 Å². The lowest BCUT2D eigenvalue weighted by atomic mass is 10.2. The maximum Gasteiger partial charge on any atom is 0.147 e. The molecule has 0 spiro atoms. The third-order valence-corrected chi connectivity index (χ3v) is 3.87. The lowest BCUT2D eigenvalue weighted by molar-refractivity contribution is 0.282. The van der Waals surface area contributed by atoms with Crippen molar-refractivity contribution in [3.63, 3.8) is 0 Å². The molecule has 2 heterocycles. The van der Waals surface area contributed by atoms with Crippen LogP contribution < -0.4 is 0 Å². The molecule has 20 heavy (non-hydrogen) atoms. The summed E-state index contributed by atoms with van der Waals surface area (Å²) in [7, 11) is 0. The average Bonchev–Trinajstić information content (AvgIpc) is 2.99. The minimum atomic E-state index is -0.748. The molecule has 0 saturated carbocycles. The van der Waals surface area contributed by atoms with Gasteiger partial charge in [0.05, 0.1) is 5.69 Å². The van der Waals surface area contributed by atoms with Gasteiger partial charge in [0.2, 0.25) is 0 Å². The smallest absolute Gasteiger partial charge is 0.147 e. The SMILES string of the molecule is Fc1cc(CN2CC[C@@H](F)C2)ccc1-n1cnc(Br)c1. The Labute approximate surface area is 124 Å². The van der Waals surface area contributed by atoms with Crippen LogP contribution in [0.5, 0.6) is 0 Å². The van der Waals surface area contributed by atoms with Crippen molar-refractivity contribution in [2.75, 3.05) is 13.1 Å². The molecule has 3 nitrogen and oxygen atoms in total.